The summed E-state index contributed by atoms with van der Waals surface area (Å²) in [6, 6.07) is 11.1. The zero-order valence-electron chi connectivity index (χ0n) is 15.1. The molecule has 0 unspecified atom stereocenters. The van der Waals surface area contributed by atoms with E-state index in [1.807, 2.05) is 36.1 Å². The van der Waals surface area contributed by atoms with Gasteiger partial charge in [0.1, 0.15) is 5.82 Å². The highest BCUT2D eigenvalue weighted by molar-refractivity contribution is 5.81. The minimum Gasteiger partial charge on any atom is -0.353 e. The van der Waals surface area contributed by atoms with Crippen molar-refractivity contribution in [2.45, 2.75) is 26.2 Å². The van der Waals surface area contributed by atoms with E-state index in [0.29, 0.717) is 5.91 Å². The molecule has 0 spiro atoms. The molecule has 1 aliphatic heterocycles. The van der Waals surface area contributed by atoms with Crippen LogP contribution in [0.3, 0.4) is 0 Å². The molecule has 26 heavy (non-hydrogen) atoms. The summed E-state index contributed by atoms with van der Waals surface area (Å²) in [5.74, 6) is 1.36. The first-order valence-electron chi connectivity index (χ1n) is 9.33. The van der Waals surface area contributed by atoms with E-state index >= 15 is 0 Å². The first-order chi connectivity index (χ1) is 12.6. The van der Waals surface area contributed by atoms with Crippen molar-refractivity contribution in [1.29, 1.82) is 0 Å². The predicted octanol–water partition coefficient (Wildman–Crippen LogP) is 1.99. The number of aromatic nitrogens is 2. The van der Waals surface area contributed by atoms with Crippen LogP contribution in [0.25, 0.3) is 5.69 Å². The fraction of sp³-hybridized carbons (Fsp3) is 0.450. The van der Waals surface area contributed by atoms with Gasteiger partial charge in [0.15, 0.2) is 0 Å². The van der Waals surface area contributed by atoms with Crippen molar-refractivity contribution < 1.29 is 4.79 Å². The highest BCUT2D eigenvalue weighted by atomic mass is 16.2. The van der Waals surface area contributed by atoms with Crippen LogP contribution < -0.4 is 10.5 Å². The third-order valence-electron chi connectivity index (χ3n) is 5.12. The third kappa shape index (κ3) is 3.49. The van der Waals surface area contributed by atoms with Crippen LogP contribution in [0.2, 0.25) is 0 Å². The van der Waals surface area contributed by atoms with Gasteiger partial charge in [0, 0.05) is 38.2 Å². The maximum Gasteiger partial charge on any atom is 0.271 e. The Morgan fingerprint density at radius 1 is 1.00 bits per heavy atom. The molecule has 1 aromatic heterocycles. The van der Waals surface area contributed by atoms with E-state index in [4.69, 9.17) is 0 Å². The summed E-state index contributed by atoms with van der Waals surface area (Å²) in [7, 11) is 0. The van der Waals surface area contributed by atoms with Gasteiger partial charge in [-0.1, -0.05) is 17.7 Å². The van der Waals surface area contributed by atoms with Gasteiger partial charge in [0.05, 0.1) is 5.69 Å². The van der Waals surface area contributed by atoms with E-state index < -0.39 is 0 Å². The monoisotopic (exact) mass is 352 g/mol. The molecule has 6 nitrogen and oxygen atoms in total. The number of carbonyl (C=O) groups excluding carboxylic acids is 1. The molecule has 0 atom stereocenters. The van der Waals surface area contributed by atoms with E-state index in [0.717, 1.165) is 62.5 Å². The van der Waals surface area contributed by atoms with Crippen LogP contribution in [-0.2, 0) is 4.79 Å². The van der Waals surface area contributed by atoms with E-state index in [-0.39, 0.29) is 11.5 Å². The Labute approximate surface area is 153 Å². The molecule has 0 N–H and O–H groups in total. The second kappa shape index (κ2) is 6.94. The lowest BCUT2D eigenvalue weighted by atomic mass is 10.2. The van der Waals surface area contributed by atoms with Crippen LogP contribution in [0.5, 0.6) is 0 Å². The lowest BCUT2D eigenvalue weighted by Crippen LogP contribution is -2.36. The number of benzene rings is 1. The third-order valence-corrected chi connectivity index (χ3v) is 5.12. The molecule has 1 aliphatic carbocycles. The van der Waals surface area contributed by atoms with Gasteiger partial charge in [-0.15, -0.1) is 5.10 Å². The van der Waals surface area contributed by atoms with Crippen molar-refractivity contribution >= 4 is 11.7 Å². The zero-order valence-corrected chi connectivity index (χ0v) is 15.1. The Balaban J connectivity index is 1.54. The molecular weight excluding hydrogens is 328 g/mol. The molecule has 1 aromatic carbocycles. The Morgan fingerprint density at radius 3 is 2.50 bits per heavy atom. The molecular formula is C20H24N4O2. The largest absolute Gasteiger partial charge is 0.353 e. The summed E-state index contributed by atoms with van der Waals surface area (Å²) < 4.78 is 1.45. The number of nitrogens with zero attached hydrogens (tertiary/aromatic N) is 4. The van der Waals surface area contributed by atoms with Gasteiger partial charge in [-0.2, -0.15) is 4.68 Å². The topological polar surface area (TPSA) is 58.4 Å². The van der Waals surface area contributed by atoms with Gasteiger partial charge in [-0.3, -0.25) is 9.59 Å². The molecule has 136 valence electrons. The van der Waals surface area contributed by atoms with Gasteiger partial charge in [0.25, 0.3) is 5.56 Å². The van der Waals surface area contributed by atoms with E-state index in [1.165, 1.54) is 4.68 Å². The Bertz CT molecular complexity index is 855. The average molecular weight is 352 g/mol. The summed E-state index contributed by atoms with van der Waals surface area (Å²) in [5, 5.41) is 4.58. The highest BCUT2D eigenvalue weighted by Crippen LogP contribution is 2.31. The zero-order chi connectivity index (χ0) is 18.1. The van der Waals surface area contributed by atoms with E-state index in [2.05, 4.69) is 10.00 Å². The highest BCUT2D eigenvalue weighted by Gasteiger charge is 2.34. The summed E-state index contributed by atoms with van der Waals surface area (Å²) in [5.41, 5.74) is 1.77. The molecule has 0 radical (unpaired) electrons. The van der Waals surface area contributed by atoms with Crippen LogP contribution in [0.1, 0.15) is 24.8 Å². The fourth-order valence-corrected chi connectivity index (χ4v) is 3.40. The second-order valence-electron chi connectivity index (χ2n) is 7.22. The smallest absolute Gasteiger partial charge is 0.271 e. The van der Waals surface area contributed by atoms with Crippen molar-refractivity contribution in [3.8, 4) is 5.69 Å². The van der Waals surface area contributed by atoms with Crippen molar-refractivity contribution in [1.82, 2.24) is 14.7 Å². The number of carbonyl (C=O) groups is 1. The predicted molar refractivity (Wildman–Crippen MR) is 101 cm³/mol. The van der Waals surface area contributed by atoms with Gasteiger partial charge in [-0.25, -0.2) is 0 Å². The first-order valence-corrected chi connectivity index (χ1v) is 9.33. The molecule has 6 heteroatoms. The second-order valence-corrected chi connectivity index (χ2v) is 7.22. The quantitative estimate of drug-likeness (QED) is 0.848. The van der Waals surface area contributed by atoms with E-state index in [9.17, 15) is 9.59 Å². The fourth-order valence-electron chi connectivity index (χ4n) is 3.40. The summed E-state index contributed by atoms with van der Waals surface area (Å²) in [4.78, 5) is 28.7. The summed E-state index contributed by atoms with van der Waals surface area (Å²) in [6.07, 6.45) is 3.01. The molecule has 1 saturated heterocycles. The lowest BCUT2D eigenvalue weighted by Gasteiger charge is -2.23. The minimum atomic E-state index is -0.141. The van der Waals surface area contributed by atoms with Crippen LogP contribution >= 0.6 is 0 Å². The lowest BCUT2D eigenvalue weighted by molar-refractivity contribution is -0.132. The van der Waals surface area contributed by atoms with Gasteiger partial charge in [0.2, 0.25) is 5.91 Å². The Hall–Kier alpha value is -2.63. The van der Waals surface area contributed by atoms with Crippen molar-refractivity contribution in [2.75, 3.05) is 31.1 Å². The Morgan fingerprint density at radius 2 is 1.77 bits per heavy atom. The number of anilines is 1. The molecule has 2 aromatic rings. The standard InChI is InChI=1S/C20H24N4O2/c1-15-3-7-17(8-4-15)24-19(25)10-9-18(21-24)22-11-2-12-23(14-13-22)20(26)16-5-6-16/h3-4,7-10,16H,2,5-6,11-14H2,1H3. The van der Waals surface area contributed by atoms with Gasteiger partial charge in [-0.05, 0) is 44.4 Å². The molecule has 2 heterocycles. The number of rotatable bonds is 3. The molecule has 0 bridgehead atoms. The van der Waals surface area contributed by atoms with Crippen LogP contribution in [0, 0.1) is 12.8 Å². The molecule has 1 saturated carbocycles. The number of amides is 1. The normalized spacial score (nSPS) is 17.9. The van der Waals surface area contributed by atoms with Crippen molar-refractivity contribution in [3.63, 3.8) is 0 Å². The maximum absolute atomic E-state index is 12.3. The van der Waals surface area contributed by atoms with Crippen molar-refractivity contribution in [2.24, 2.45) is 5.92 Å². The minimum absolute atomic E-state index is 0.141. The molecule has 2 aliphatic rings. The molecule has 2 fully saturated rings. The van der Waals surface area contributed by atoms with Crippen LogP contribution in [0.15, 0.2) is 41.2 Å². The van der Waals surface area contributed by atoms with Gasteiger partial charge >= 0.3 is 0 Å². The number of hydrogen-bond donors (Lipinski definition) is 0. The first kappa shape index (κ1) is 16.8. The SMILES string of the molecule is Cc1ccc(-n2nc(N3CCCN(C(=O)C4CC4)CC3)ccc2=O)cc1. The summed E-state index contributed by atoms with van der Waals surface area (Å²) >= 11 is 0. The average Bonchev–Trinajstić information content (AvgIpc) is 3.49. The van der Waals surface area contributed by atoms with Gasteiger partial charge < -0.3 is 9.80 Å². The van der Waals surface area contributed by atoms with Crippen molar-refractivity contribution in [3.05, 3.63) is 52.3 Å². The van der Waals surface area contributed by atoms with Crippen LogP contribution in [-0.4, -0.2) is 46.8 Å². The number of hydrogen-bond acceptors (Lipinski definition) is 4. The molecule has 4 rings (SSSR count). The summed E-state index contributed by atoms with van der Waals surface area (Å²) in [6.45, 7) is 5.14. The maximum atomic E-state index is 12.3. The molecule has 1 amide bonds. The van der Waals surface area contributed by atoms with Crippen LogP contribution in [0.4, 0.5) is 5.82 Å². The Kier molecular flexibility index (Phi) is 4.49. The number of aryl methyl sites for hydroxylation is 1. The van der Waals surface area contributed by atoms with E-state index in [1.54, 1.807) is 12.1 Å².